The van der Waals surface area contributed by atoms with Gasteiger partial charge >= 0.3 is 0 Å². The van der Waals surface area contributed by atoms with E-state index >= 15 is 0 Å². The summed E-state index contributed by atoms with van der Waals surface area (Å²) < 4.78 is 5.47. The van der Waals surface area contributed by atoms with Crippen molar-refractivity contribution in [3.8, 4) is 5.75 Å². The molecular formula is C30H39N5O4S. The minimum atomic E-state index is -0.647. The number of likely N-dealkylation sites (tertiary alicyclic amines) is 1. The number of rotatable bonds is 13. The smallest absolute Gasteiger partial charge is 0.252 e. The second kappa shape index (κ2) is 14.2. The van der Waals surface area contributed by atoms with Gasteiger partial charge in [-0.25, -0.2) is 0 Å². The van der Waals surface area contributed by atoms with Gasteiger partial charge in [0, 0.05) is 24.7 Å². The number of piperidine rings is 1. The number of carbonyl (C=O) groups excluding carboxylic acids is 3. The van der Waals surface area contributed by atoms with Crippen molar-refractivity contribution >= 4 is 40.7 Å². The Hall–Kier alpha value is -3.50. The first-order valence-corrected chi connectivity index (χ1v) is 14.5. The van der Waals surface area contributed by atoms with Crippen molar-refractivity contribution in [2.75, 3.05) is 44.6 Å². The van der Waals surface area contributed by atoms with Gasteiger partial charge in [-0.05, 0) is 94.3 Å². The number of carbonyl (C=O) groups is 3. The van der Waals surface area contributed by atoms with E-state index in [4.69, 9.17) is 22.7 Å². The Labute approximate surface area is 241 Å². The first-order valence-electron chi connectivity index (χ1n) is 14.1. The van der Waals surface area contributed by atoms with Crippen molar-refractivity contribution in [3.05, 3.63) is 60.2 Å². The van der Waals surface area contributed by atoms with Crippen molar-refractivity contribution in [2.24, 2.45) is 11.7 Å². The topological polar surface area (TPSA) is 108 Å². The zero-order valence-corrected chi connectivity index (χ0v) is 23.9. The molecule has 0 aliphatic carbocycles. The molecule has 2 aliphatic rings. The molecule has 2 aliphatic heterocycles. The second-order valence-corrected chi connectivity index (χ2v) is 10.7. The van der Waals surface area contributed by atoms with Crippen molar-refractivity contribution < 1.29 is 19.1 Å². The number of amides is 3. The molecule has 4 rings (SSSR count). The van der Waals surface area contributed by atoms with Crippen LogP contribution in [0.5, 0.6) is 5.75 Å². The number of primary amides is 1. The van der Waals surface area contributed by atoms with E-state index in [1.165, 1.54) is 0 Å². The van der Waals surface area contributed by atoms with E-state index in [0.29, 0.717) is 36.9 Å². The van der Waals surface area contributed by atoms with Gasteiger partial charge in [-0.3, -0.25) is 19.3 Å². The van der Waals surface area contributed by atoms with Crippen LogP contribution in [0.3, 0.4) is 0 Å². The zero-order valence-electron chi connectivity index (χ0n) is 23.1. The highest BCUT2D eigenvalue weighted by Crippen LogP contribution is 2.24. The molecule has 40 heavy (non-hydrogen) atoms. The highest BCUT2D eigenvalue weighted by molar-refractivity contribution is 7.80. The van der Waals surface area contributed by atoms with Gasteiger partial charge in [-0.1, -0.05) is 30.3 Å². The molecular weight excluding hydrogens is 526 g/mol. The summed E-state index contributed by atoms with van der Waals surface area (Å²) in [5.41, 5.74) is 7.24. The molecule has 0 spiro atoms. The number of thiocarbonyl (C=S) groups is 1. The molecule has 2 aromatic carbocycles. The molecule has 2 aromatic rings. The normalized spacial score (nSPS) is 18.3. The second-order valence-electron chi connectivity index (χ2n) is 10.3. The Bertz CT molecular complexity index is 1170. The molecule has 2 heterocycles. The minimum Gasteiger partial charge on any atom is -0.494 e. The standard InChI is InChI=1S/C30H39N5O4S/c1-2-39-25-11-9-24(10-12-25)32-27(36)21-26-29(38)35(20-13-22-7-4-3-5-8-22)30(40)34(26)17-6-16-33-18-14-23(15-19-33)28(31)37/h3-5,7-12,23,26H,2,6,13-21H2,1H3,(H2,31,37)(H,32,36). The maximum absolute atomic E-state index is 13.6. The maximum atomic E-state index is 13.6. The Morgan fingerprint density at radius 2 is 1.73 bits per heavy atom. The fourth-order valence-corrected chi connectivity index (χ4v) is 5.73. The van der Waals surface area contributed by atoms with E-state index in [1.807, 2.05) is 42.2 Å². The number of nitrogens with zero attached hydrogens (tertiary/aromatic N) is 3. The van der Waals surface area contributed by atoms with Crippen molar-refractivity contribution in [1.29, 1.82) is 0 Å². The van der Waals surface area contributed by atoms with E-state index in [1.54, 1.807) is 29.2 Å². The van der Waals surface area contributed by atoms with Crippen LogP contribution in [0.2, 0.25) is 0 Å². The number of ether oxygens (including phenoxy) is 1. The molecule has 1 atom stereocenters. The minimum absolute atomic E-state index is 0.0119. The molecule has 214 valence electrons. The molecule has 9 nitrogen and oxygen atoms in total. The summed E-state index contributed by atoms with van der Waals surface area (Å²) in [7, 11) is 0. The van der Waals surface area contributed by atoms with Crippen LogP contribution in [-0.2, 0) is 20.8 Å². The highest BCUT2D eigenvalue weighted by atomic mass is 32.1. The summed E-state index contributed by atoms with van der Waals surface area (Å²) in [6.45, 7) is 6.01. The number of hydrogen-bond acceptors (Lipinski definition) is 6. The van der Waals surface area contributed by atoms with E-state index < -0.39 is 6.04 Å². The Morgan fingerprint density at radius 3 is 2.38 bits per heavy atom. The average molecular weight is 566 g/mol. The van der Waals surface area contributed by atoms with Crippen molar-refractivity contribution in [2.45, 2.75) is 45.1 Å². The molecule has 1 unspecified atom stereocenters. The average Bonchev–Trinajstić information content (AvgIpc) is 3.17. The molecule has 0 aromatic heterocycles. The molecule has 10 heteroatoms. The fraction of sp³-hybridized carbons (Fsp3) is 0.467. The lowest BCUT2D eigenvalue weighted by atomic mass is 9.96. The molecule has 0 radical (unpaired) electrons. The van der Waals surface area contributed by atoms with Gasteiger partial charge in [-0.15, -0.1) is 0 Å². The highest BCUT2D eigenvalue weighted by Gasteiger charge is 2.42. The lowest BCUT2D eigenvalue weighted by molar-refractivity contribution is -0.130. The van der Waals surface area contributed by atoms with Crippen LogP contribution in [0.15, 0.2) is 54.6 Å². The third kappa shape index (κ3) is 7.79. The van der Waals surface area contributed by atoms with E-state index in [-0.39, 0.29) is 30.1 Å². The number of nitrogens with one attached hydrogen (secondary N) is 1. The monoisotopic (exact) mass is 565 g/mol. The third-order valence-corrected chi connectivity index (χ3v) is 8.02. The predicted molar refractivity (Wildman–Crippen MR) is 159 cm³/mol. The number of anilines is 1. The van der Waals surface area contributed by atoms with E-state index in [9.17, 15) is 14.4 Å². The Kier molecular flexibility index (Phi) is 10.5. The number of hydrogen-bond donors (Lipinski definition) is 2. The van der Waals surface area contributed by atoms with E-state index in [0.717, 1.165) is 50.2 Å². The fourth-order valence-electron chi connectivity index (χ4n) is 5.33. The Morgan fingerprint density at radius 1 is 1.02 bits per heavy atom. The summed E-state index contributed by atoms with van der Waals surface area (Å²) in [6.07, 6.45) is 3.03. The van der Waals surface area contributed by atoms with Crippen LogP contribution in [0.4, 0.5) is 5.69 Å². The maximum Gasteiger partial charge on any atom is 0.252 e. The van der Waals surface area contributed by atoms with Gasteiger partial charge < -0.3 is 25.6 Å². The SMILES string of the molecule is CCOc1ccc(NC(=O)CC2C(=O)N(CCc3ccccc3)C(=S)N2CCCN2CCC(C(N)=O)CC2)cc1. The van der Waals surface area contributed by atoms with Crippen molar-refractivity contribution in [3.63, 3.8) is 0 Å². The van der Waals surface area contributed by atoms with Crippen LogP contribution in [0.1, 0.15) is 38.2 Å². The zero-order chi connectivity index (χ0) is 28.5. The third-order valence-electron chi connectivity index (χ3n) is 7.56. The summed E-state index contributed by atoms with van der Waals surface area (Å²) in [4.78, 5) is 44.0. The predicted octanol–water partition coefficient (Wildman–Crippen LogP) is 3.04. The summed E-state index contributed by atoms with van der Waals surface area (Å²) in [5, 5.41) is 3.39. The molecule has 2 saturated heterocycles. The van der Waals surface area contributed by atoms with Crippen LogP contribution in [0, 0.1) is 5.92 Å². The van der Waals surface area contributed by atoms with Gasteiger partial charge in [0.1, 0.15) is 11.8 Å². The van der Waals surface area contributed by atoms with Crippen LogP contribution in [-0.4, -0.2) is 82.9 Å². The van der Waals surface area contributed by atoms with Gasteiger partial charge in [0.25, 0.3) is 5.91 Å². The largest absolute Gasteiger partial charge is 0.494 e. The first-order chi connectivity index (χ1) is 19.4. The summed E-state index contributed by atoms with van der Waals surface area (Å²) in [6, 6.07) is 16.5. The molecule has 3 amide bonds. The van der Waals surface area contributed by atoms with Crippen LogP contribution in [0.25, 0.3) is 0 Å². The van der Waals surface area contributed by atoms with Gasteiger partial charge in [-0.2, -0.15) is 0 Å². The Balaban J connectivity index is 1.38. The van der Waals surface area contributed by atoms with Crippen LogP contribution < -0.4 is 15.8 Å². The van der Waals surface area contributed by atoms with Gasteiger partial charge in [0.15, 0.2) is 5.11 Å². The lowest BCUT2D eigenvalue weighted by Gasteiger charge is -2.31. The van der Waals surface area contributed by atoms with Gasteiger partial charge in [0.05, 0.1) is 13.0 Å². The van der Waals surface area contributed by atoms with Crippen molar-refractivity contribution in [1.82, 2.24) is 14.7 Å². The van der Waals surface area contributed by atoms with Crippen LogP contribution >= 0.6 is 12.2 Å². The molecule has 3 N–H and O–H groups in total. The number of nitrogens with two attached hydrogens (primary N) is 1. The summed E-state index contributed by atoms with van der Waals surface area (Å²) in [5.74, 6) is 0.0914. The lowest BCUT2D eigenvalue weighted by Crippen LogP contribution is -2.41. The first kappa shape index (κ1) is 29.5. The summed E-state index contributed by atoms with van der Waals surface area (Å²) >= 11 is 5.79. The number of benzene rings is 2. The quantitative estimate of drug-likeness (QED) is 0.360. The molecule has 0 saturated carbocycles. The van der Waals surface area contributed by atoms with Gasteiger partial charge in [0.2, 0.25) is 11.8 Å². The molecule has 0 bridgehead atoms. The van der Waals surface area contributed by atoms with E-state index in [2.05, 4.69) is 10.2 Å². The molecule has 2 fully saturated rings.